The third-order valence-corrected chi connectivity index (χ3v) is 3.39. The molecule has 1 saturated heterocycles. The third kappa shape index (κ3) is 2.56. The minimum Gasteiger partial charge on any atom is -0.371 e. The predicted octanol–water partition coefficient (Wildman–Crippen LogP) is 2.57. The highest BCUT2D eigenvalue weighted by molar-refractivity contribution is 5.54. The van der Waals surface area contributed by atoms with Crippen LogP contribution < -0.4 is 10.6 Å². The van der Waals surface area contributed by atoms with Crippen molar-refractivity contribution in [2.75, 3.05) is 18.0 Å². The third-order valence-electron chi connectivity index (χ3n) is 3.39. The average molecular weight is 218 g/mol. The number of nitrogens with two attached hydrogens (primary N) is 1. The second-order valence-corrected chi connectivity index (χ2v) is 4.70. The van der Waals surface area contributed by atoms with Crippen LogP contribution in [0.25, 0.3) is 0 Å². The number of nitrogens with zero attached hydrogens (tertiary/aromatic N) is 1. The molecule has 2 nitrogen and oxygen atoms in total. The summed E-state index contributed by atoms with van der Waals surface area (Å²) in [4.78, 5) is 2.49. The molecule has 2 heteroatoms. The van der Waals surface area contributed by atoms with Crippen molar-refractivity contribution in [2.24, 2.45) is 5.73 Å². The Kier molecular flexibility index (Phi) is 3.83. The van der Waals surface area contributed by atoms with E-state index in [-0.39, 0.29) is 0 Å². The van der Waals surface area contributed by atoms with Gasteiger partial charge in [-0.1, -0.05) is 31.5 Å². The zero-order valence-corrected chi connectivity index (χ0v) is 10.2. The Labute approximate surface area is 98.4 Å². The maximum absolute atomic E-state index is 5.95. The molecule has 1 aliphatic rings. The van der Waals surface area contributed by atoms with Gasteiger partial charge in [0.05, 0.1) is 0 Å². The van der Waals surface area contributed by atoms with Crippen LogP contribution in [0.2, 0.25) is 0 Å². The lowest BCUT2D eigenvalue weighted by Crippen LogP contribution is -2.40. The van der Waals surface area contributed by atoms with Crippen molar-refractivity contribution in [1.82, 2.24) is 0 Å². The molecule has 0 aromatic heterocycles. The summed E-state index contributed by atoms with van der Waals surface area (Å²) in [5.74, 6) is 0. The standard InChI is InChI=1S/C14H22N2/c1-2-5-12-6-3-4-7-14(12)16-10-8-13(15)9-11-16/h3-4,6-7,13H,2,5,8-11,15H2,1H3. The van der Waals surface area contributed by atoms with Crippen LogP contribution in [-0.4, -0.2) is 19.1 Å². The van der Waals surface area contributed by atoms with Gasteiger partial charge in [0.2, 0.25) is 0 Å². The van der Waals surface area contributed by atoms with Gasteiger partial charge in [-0.2, -0.15) is 0 Å². The van der Waals surface area contributed by atoms with Crippen molar-refractivity contribution in [3.05, 3.63) is 29.8 Å². The smallest absolute Gasteiger partial charge is 0.0398 e. The van der Waals surface area contributed by atoms with E-state index in [1.54, 1.807) is 0 Å². The number of para-hydroxylation sites is 1. The Balaban J connectivity index is 2.13. The molecule has 0 saturated carbocycles. The Morgan fingerprint density at radius 1 is 1.25 bits per heavy atom. The van der Waals surface area contributed by atoms with E-state index in [9.17, 15) is 0 Å². The Bertz CT molecular complexity index is 327. The normalized spacial score (nSPS) is 17.8. The molecule has 0 bridgehead atoms. The van der Waals surface area contributed by atoms with Crippen molar-refractivity contribution in [2.45, 2.75) is 38.6 Å². The molecule has 2 rings (SSSR count). The SMILES string of the molecule is CCCc1ccccc1N1CCC(N)CC1. The Hall–Kier alpha value is -1.02. The summed E-state index contributed by atoms with van der Waals surface area (Å²) in [5, 5.41) is 0. The number of hydrogen-bond acceptors (Lipinski definition) is 2. The van der Waals surface area contributed by atoms with E-state index in [1.807, 2.05) is 0 Å². The summed E-state index contributed by atoms with van der Waals surface area (Å²) in [6.07, 6.45) is 4.64. The number of aryl methyl sites for hydroxylation is 1. The van der Waals surface area contributed by atoms with Gasteiger partial charge in [0, 0.05) is 24.8 Å². The van der Waals surface area contributed by atoms with Crippen LogP contribution in [0.5, 0.6) is 0 Å². The van der Waals surface area contributed by atoms with Crippen LogP contribution in [0.3, 0.4) is 0 Å². The van der Waals surface area contributed by atoms with Gasteiger partial charge >= 0.3 is 0 Å². The van der Waals surface area contributed by atoms with Gasteiger partial charge in [-0.25, -0.2) is 0 Å². The molecule has 1 aromatic carbocycles. The molecule has 0 unspecified atom stereocenters. The fourth-order valence-corrected chi connectivity index (χ4v) is 2.44. The van der Waals surface area contributed by atoms with Gasteiger partial charge < -0.3 is 10.6 Å². The van der Waals surface area contributed by atoms with Crippen molar-refractivity contribution in [3.8, 4) is 0 Å². The molecule has 0 amide bonds. The van der Waals surface area contributed by atoms with Gasteiger partial charge in [-0.15, -0.1) is 0 Å². The van der Waals surface area contributed by atoms with Crippen LogP contribution >= 0.6 is 0 Å². The van der Waals surface area contributed by atoms with Gasteiger partial charge in [0.25, 0.3) is 0 Å². The molecule has 0 radical (unpaired) electrons. The summed E-state index contributed by atoms with van der Waals surface area (Å²) >= 11 is 0. The first-order valence-corrected chi connectivity index (χ1v) is 6.39. The fraction of sp³-hybridized carbons (Fsp3) is 0.571. The fourth-order valence-electron chi connectivity index (χ4n) is 2.44. The highest BCUT2D eigenvalue weighted by Crippen LogP contribution is 2.24. The molecule has 0 atom stereocenters. The van der Waals surface area contributed by atoms with Crippen molar-refractivity contribution in [3.63, 3.8) is 0 Å². The first kappa shape index (κ1) is 11.5. The molecule has 1 heterocycles. The highest BCUT2D eigenvalue weighted by Gasteiger charge is 2.17. The zero-order chi connectivity index (χ0) is 11.4. The van der Waals surface area contributed by atoms with E-state index in [0.29, 0.717) is 6.04 Å². The van der Waals surface area contributed by atoms with Gasteiger partial charge in [-0.3, -0.25) is 0 Å². The molecule has 1 fully saturated rings. The molecular weight excluding hydrogens is 196 g/mol. The Morgan fingerprint density at radius 2 is 1.94 bits per heavy atom. The number of rotatable bonds is 3. The summed E-state index contributed by atoms with van der Waals surface area (Å²) in [6, 6.07) is 9.21. The number of hydrogen-bond donors (Lipinski definition) is 1. The summed E-state index contributed by atoms with van der Waals surface area (Å²) in [7, 11) is 0. The van der Waals surface area contributed by atoms with E-state index in [2.05, 4.69) is 36.1 Å². The number of piperidine rings is 1. The quantitative estimate of drug-likeness (QED) is 0.845. The topological polar surface area (TPSA) is 29.3 Å². The maximum atomic E-state index is 5.95. The van der Waals surface area contributed by atoms with Crippen molar-refractivity contribution >= 4 is 5.69 Å². The van der Waals surface area contributed by atoms with Crippen LogP contribution in [-0.2, 0) is 6.42 Å². The summed E-state index contributed by atoms with van der Waals surface area (Å²) in [6.45, 7) is 4.46. The zero-order valence-electron chi connectivity index (χ0n) is 10.2. The second kappa shape index (κ2) is 5.35. The molecule has 2 N–H and O–H groups in total. The van der Waals surface area contributed by atoms with Crippen LogP contribution in [0, 0.1) is 0 Å². The van der Waals surface area contributed by atoms with E-state index in [0.717, 1.165) is 25.9 Å². The predicted molar refractivity (Wildman–Crippen MR) is 69.9 cm³/mol. The Morgan fingerprint density at radius 3 is 2.62 bits per heavy atom. The highest BCUT2D eigenvalue weighted by atomic mass is 15.1. The lowest BCUT2D eigenvalue weighted by Gasteiger charge is -2.33. The van der Waals surface area contributed by atoms with Gasteiger partial charge in [-0.05, 0) is 30.9 Å². The second-order valence-electron chi connectivity index (χ2n) is 4.70. The van der Waals surface area contributed by atoms with E-state index in [1.165, 1.54) is 24.1 Å². The number of benzene rings is 1. The molecule has 1 aromatic rings. The van der Waals surface area contributed by atoms with Crippen LogP contribution in [0.15, 0.2) is 24.3 Å². The summed E-state index contributed by atoms with van der Waals surface area (Å²) < 4.78 is 0. The van der Waals surface area contributed by atoms with Crippen molar-refractivity contribution in [1.29, 1.82) is 0 Å². The molecule has 0 aliphatic carbocycles. The monoisotopic (exact) mass is 218 g/mol. The first-order chi connectivity index (χ1) is 7.81. The molecule has 1 aliphatic heterocycles. The van der Waals surface area contributed by atoms with Gasteiger partial charge in [0.15, 0.2) is 0 Å². The minimum absolute atomic E-state index is 0.412. The average Bonchev–Trinajstić information content (AvgIpc) is 2.32. The molecule has 16 heavy (non-hydrogen) atoms. The lowest BCUT2D eigenvalue weighted by atomic mass is 10.0. The largest absolute Gasteiger partial charge is 0.371 e. The lowest BCUT2D eigenvalue weighted by molar-refractivity contribution is 0.500. The van der Waals surface area contributed by atoms with E-state index < -0.39 is 0 Å². The maximum Gasteiger partial charge on any atom is 0.0398 e. The minimum atomic E-state index is 0.412. The molecule has 88 valence electrons. The van der Waals surface area contributed by atoms with Crippen LogP contribution in [0.1, 0.15) is 31.7 Å². The first-order valence-electron chi connectivity index (χ1n) is 6.39. The number of anilines is 1. The molecule has 0 spiro atoms. The van der Waals surface area contributed by atoms with E-state index in [4.69, 9.17) is 5.73 Å². The molecular formula is C14H22N2. The van der Waals surface area contributed by atoms with Crippen LogP contribution in [0.4, 0.5) is 5.69 Å². The van der Waals surface area contributed by atoms with Gasteiger partial charge in [0.1, 0.15) is 0 Å². The van der Waals surface area contributed by atoms with Crippen molar-refractivity contribution < 1.29 is 0 Å². The van der Waals surface area contributed by atoms with E-state index >= 15 is 0 Å². The summed E-state index contributed by atoms with van der Waals surface area (Å²) in [5.41, 5.74) is 8.86.